The molecule has 0 heterocycles. The van der Waals surface area contributed by atoms with Crippen LogP contribution in [0.3, 0.4) is 0 Å². The highest BCUT2D eigenvalue weighted by Gasteiger charge is 2.18. The van der Waals surface area contributed by atoms with Gasteiger partial charge in [-0.05, 0) is 38.9 Å². The zero-order valence-electron chi connectivity index (χ0n) is 12.3. The predicted molar refractivity (Wildman–Crippen MR) is 78.4 cm³/mol. The van der Waals surface area contributed by atoms with E-state index in [4.69, 9.17) is 4.74 Å². The Morgan fingerprint density at radius 2 is 2.11 bits per heavy atom. The minimum atomic E-state index is -0.156. The summed E-state index contributed by atoms with van der Waals surface area (Å²) in [5.74, 6) is 0.0224. The Kier molecular flexibility index (Phi) is 6.53. The van der Waals surface area contributed by atoms with Crippen molar-refractivity contribution < 1.29 is 9.53 Å². The summed E-state index contributed by atoms with van der Waals surface area (Å²) in [7, 11) is 3.64. The van der Waals surface area contributed by atoms with Crippen molar-refractivity contribution in [2.75, 3.05) is 32.6 Å². The third-order valence-corrected chi connectivity index (χ3v) is 3.30. The number of hydrogen-bond acceptors (Lipinski definition) is 3. The summed E-state index contributed by atoms with van der Waals surface area (Å²) in [6, 6.07) is 7.64. The topological polar surface area (TPSA) is 41.6 Å². The molecule has 19 heavy (non-hydrogen) atoms. The number of carbonyl (C=O) groups is 1. The zero-order valence-corrected chi connectivity index (χ0v) is 12.3. The highest BCUT2D eigenvalue weighted by atomic mass is 16.5. The maximum absolute atomic E-state index is 12.2. The van der Waals surface area contributed by atoms with Crippen LogP contribution >= 0.6 is 0 Å². The van der Waals surface area contributed by atoms with Crippen LogP contribution in [0.1, 0.15) is 18.9 Å². The van der Waals surface area contributed by atoms with Crippen LogP contribution in [0.2, 0.25) is 0 Å². The maximum Gasteiger partial charge on any atom is 0.241 e. The highest BCUT2D eigenvalue weighted by molar-refractivity contribution is 5.95. The normalized spacial score (nSPS) is 12.5. The second kappa shape index (κ2) is 7.92. The molecule has 0 aliphatic heterocycles. The van der Waals surface area contributed by atoms with E-state index in [1.54, 1.807) is 7.11 Å². The number of amides is 1. The summed E-state index contributed by atoms with van der Waals surface area (Å²) < 4.78 is 5.02. The monoisotopic (exact) mass is 264 g/mol. The summed E-state index contributed by atoms with van der Waals surface area (Å²) in [4.78, 5) is 14.2. The largest absolute Gasteiger partial charge is 0.385 e. The first-order chi connectivity index (χ1) is 9.06. The molecule has 0 bridgehead atoms. The number of aryl methyl sites for hydroxylation is 1. The van der Waals surface area contributed by atoms with Gasteiger partial charge in [0.1, 0.15) is 0 Å². The molecular formula is C15H24N2O2. The second-order valence-corrected chi connectivity index (χ2v) is 4.81. The van der Waals surface area contributed by atoms with E-state index in [0.29, 0.717) is 0 Å². The summed E-state index contributed by atoms with van der Waals surface area (Å²) in [6.07, 6.45) is 0.926. The molecule has 0 aliphatic rings. The first-order valence-electron chi connectivity index (χ1n) is 6.62. The summed E-state index contributed by atoms with van der Waals surface area (Å²) in [5, 5.41) is 2.97. The molecule has 0 saturated heterocycles. The second-order valence-electron chi connectivity index (χ2n) is 4.81. The van der Waals surface area contributed by atoms with Gasteiger partial charge < -0.3 is 10.1 Å². The smallest absolute Gasteiger partial charge is 0.241 e. The van der Waals surface area contributed by atoms with E-state index in [9.17, 15) is 4.79 Å². The van der Waals surface area contributed by atoms with Crippen LogP contribution < -0.4 is 5.32 Å². The number of methoxy groups -OCH3 is 1. The minimum absolute atomic E-state index is 0.0224. The van der Waals surface area contributed by atoms with E-state index in [1.807, 2.05) is 50.1 Å². The third kappa shape index (κ3) is 5.01. The van der Waals surface area contributed by atoms with Crippen LogP contribution in [-0.4, -0.2) is 44.2 Å². The number of ether oxygens (including phenoxy) is 1. The number of nitrogens with zero attached hydrogens (tertiary/aromatic N) is 1. The summed E-state index contributed by atoms with van der Waals surface area (Å²) >= 11 is 0. The van der Waals surface area contributed by atoms with Gasteiger partial charge in [-0.1, -0.05) is 18.2 Å². The Hall–Kier alpha value is -1.39. The van der Waals surface area contributed by atoms with Crippen molar-refractivity contribution in [3.8, 4) is 0 Å². The molecule has 1 rings (SSSR count). The van der Waals surface area contributed by atoms with Crippen LogP contribution in [0.5, 0.6) is 0 Å². The van der Waals surface area contributed by atoms with Gasteiger partial charge in [0.25, 0.3) is 0 Å². The minimum Gasteiger partial charge on any atom is -0.385 e. The molecule has 0 fully saturated rings. The lowest BCUT2D eigenvalue weighted by Gasteiger charge is -2.24. The summed E-state index contributed by atoms with van der Waals surface area (Å²) in [6.45, 7) is 5.47. The molecule has 0 radical (unpaired) electrons. The summed E-state index contributed by atoms with van der Waals surface area (Å²) in [5.41, 5.74) is 1.95. The van der Waals surface area contributed by atoms with Crippen molar-refractivity contribution in [2.45, 2.75) is 26.3 Å². The molecule has 106 valence electrons. The zero-order chi connectivity index (χ0) is 14.3. The number of carbonyl (C=O) groups excluding carboxylic acids is 1. The molecule has 1 N–H and O–H groups in total. The maximum atomic E-state index is 12.2. The van der Waals surface area contributed by atoms with E-state index in [1.165, 1.54) is 0 Å². The third-order valence-electron chi connectivity index (χ3n) is 3.30. The van der Waals surface area contributed by atoms with E-state index in [2.05, 4.69) is 5.32 Å². The lowest BCUT2D eigenvalue weighted by atomic mass is 10.2. The predicted octanol–water partition coefficient (Wildman–Crippen LogP) is 2.29. The first kappa shape index (κ1) is 15.7. The average Bonchev–Trinajstić information content (AvgIpc) is 2.40. The molecule has 0 aliphatic carbocycles. The fraction of sp³-hybridized carbons (Fsp3) is 0.533. The van der Waals surface area contributed by atoms with Crippen molar-refractivity contribution in [2.24, 2.45) is 0 Å². The Bertz CT molecular complexity index is 407. The van der Waals surface area contributed by atoms with E-state index in [0.717, 1.165) is 30.8 Å². The number of para-hydroxylation sites is 1. The number of hydrogen-bond donors (Lipinski definition) is 1. The number of anilines is 1. The number of likely N-dealkylation sites (N-methyl/N-ethyl adjacent to an activating group) is 1. The molecule has 1 amide bonds. The highest BCUT2D eigenvalue weighted by Crippen LogP contribution is 2.14. The van der Waals surface area contributed by atoms with Gasteiger partial charge in [-0.15, -0.1) is 0 Å². The van der Waals surface area contributed by atoms with Gasteiger partial charge in [0, 0.05) is 25.9 Å². The van der Waals surface area contributed by atoms with Crippen molar-refractivity contribution >= 4 is 11.6 Å². The van der Waals surface area contributed by atoms with Crippen LogP contribution in [0.4, 0.5) is 5.69 Å². The van der Waals surface area contributed by atoms with Gasteiger partial charge in [0.05, 0.1) is 6.04 Å². The molecule has 4 nitrogen and oxygen atoms in total. The molecule has 1 aromatic rings. The molecule has 0 aromatic heterocycles. The van der Waals surface area contributed by atoms with Crippen molar-refractivity contribution in [3.63, 3.8) is 0 Å². The Morgan fingerprint density at radius 1 is 1.42 bits per heavy atom. The van der Waals surface area contributed by atoms with Gasteiger partial charge in [-0.3, -0.25) is 9.69 Å². The fourth-order valence-corrected chi connectivity index (χ4v) is 1.80. The van der Waals surface area contributed by atoms with Crippen LogP contribution in [-0.2, 0) is 9.53 Å². The average molecular weight is 264 g/mol. The Morgan fingerprint density at radius 3 is 2.74 bits per heavy atom. The Labute approximate surface area is 115 Å². The van der Waals surface area contributed by atoms with Crippen LogP contribution in [0.25, 0.3) is 0 Å². The number of benzene rings is 1. The first-order valence-corrected chi connectivity index (χ1v) is 6.62. The molecule has 0 saturated carbocycles. The van der Waals surface area contributed by atoms with Gasteiger partial charge in [-0.2, -0.15) is 0 Å². The van der Waals surface area contributed by atoms with Crippen molar-refractivity contribution in [1.82, 2.24) is 4.90 Å². The van der Waals surface area contributed by atoms with Crippen LogP contribution in [0, 0.1) is 6.92 Å². The Balaban J connectivity index is 2.50. The van der Waals surface area contributed by atoms with Crippen molar-refractivity contribution in [1.29, 1.82) is 0 Å². The molecule has 1 aromatic carbocycles. The number of nitrogens with one attached hydrogen (secondary N) is 1. The molecule has 1 atom stereocenters. The van der Waals surface area contributed by atoms with E-state index in [-0.39, 0.29) is 11.9 Å². The fourth-order valence-electron chi connectivity index (χ4n) is 1.80. The van der Waals surface area contributed by atoms with E-state index < -0.39 is 0 Å². The lowest BCUT2D eigenvalue weighted by Crippen LogP contribution is -2.40. The van der Waals surface area contributed by atoms with Gasteiger partial charge in [0.15, 0.2) is 0 Å². The molecule has 0 spiro atoms. The quantitative estimate of drug-likeness (QED) is 0.768. The van der Waals surface area contributed by atoms with Gasteiger partial charge >= 0.3 is 0 Å². The number of rotatable bonds is 7. The molecule has 4 heteroatoms. The lowest BCUT2D eigenvalue weighted by molar-refractivity contribution is -0.120. The van der Waals surface area contributed by atoms with Gasteiger partial charge in [0.2, 0.25) is 5.91 Å². The molecule has 1 unspecified atom stereocenters. The standard InChI is InChI=1S/C15H24N2O2/c1-12-8-5-6-9-14(12)16-15(18)13(2)17(3)10-7-11-19-4/h5-6,8-9,13H,7,10-11H2,1-4H3,(H,16,18). The molecular weight excluding hydrogens is 240 g/mol. The van der Waals surface area contributed by atoms with E-state index >= 15 is 0 Å². The van der Waals surface area contributed by atoms with Crippen molar-refractivity contribution in [3.05, 3.63) is 29.8 Å². The SMILES string of the molecule is COCCCN(C)C(C)C(=O)Nc1ccccc1C. The van der Waals surface area contributed by atoms with Gasteiger partial charge in [-0.25, -0.2) is 0 Å². The van der Waals surface area contributed by atoms with Crippen LogP contribution in [0.15, 0.2) is 24.3 Å².